The summed E-state index contributed by atoms with van der Waals surface area (Å²) in [6, 6.07) is 12.8. The van der Waals surface area contributed by atoms with Crippen molar-refractivity contribution in [1.29, 1.82) is 0 Å². The highest BCUT2D eigenvalue weighted by molar-refractivity contribution is 9.09. The number of para-hydroxylation sites is 2. The maximum absolute atomic E-state index is 13.1. The Labute approximate surface area is 166 Å². The van der Waals surface area contributed by atoms with Crippen LogP contribution in [0.25, 0.3) is 0 Å². The molecule has 1 unspecified atom stereocenters. The Morgan fingerprint density at radius 2 is 1.84 bits per heavy atom. The lowest BCUT2D eigenvalue weighted by molar-refractivity contribution is -0.126. The van der Waals surface area contributed by atoms with E-state index < -0.39 is 6.10 Å². The number of hydrogen-bond donors (Lipinski definition) is 0. The Morgan fingerprint density at radius 1 is 1.04 bits per heavy atom. The van der Waals surface area contributed by atoms with E-state index in [9.17, 15) is 4.79 Å². The SMILES string of the molecule is O=C1C(c2ccc(Cl)c(Cl)c2)Oc2ccccc2N1CCCCCBr. The van der Waals surface area contributed by atoms with Gasteiger partial charge >= 0.3 is 0 Å². The average molecular weight is 443 g/mol. The number of halogens is 3. The molecule has 1 amide bonds. The fourth-order valence-corrected chi connectivity index (χ4v) is 3.58. The summed E-state index contributed by atoms with van der Waals surface area (Å²) in [4.78, 5) is 14.9. The molecule has 25 heavy (non-hydrogen) atoms. The molecule has 0 radical (unpaired) electrons. The molecule has 0 N–H and O–H groups in total. The number of hydrogen-bond acceptors (Lipinski definition) is 2. The van der Waals surface area contributed by atoms with Crippen molar-refractivity contribution in [2.45, 2.75) is 25.4 Å². The van der Waals surface area contributed by atoms with Crippen molar-refractivity contribution < 1.29 is 9.53 Å². The molecule has 2 aromatic carbocycles. The average Bonchev–Trinajstić information content (AvgIpc) is 2.62. The highest BCUT2D eigenvalue weighted by Crippen LogP contribution is 2.39. The summed E-state index contributed by atoms with van der Waals surface area (Å²) < 4.78 is 5.98. The van der Waals surface area contributed by atoms with Crippen LogP contribution < -0.4 is 9.64 Å². The molecule has 0 saturated heterocycles. The van der Waals surface area contributed by atoms with Crippen molar-refractivity contribution in [3.05, 3.63) is 58.1 Å². The minimum atomic E-state index is -0.708. The maximum atomic E-state index is 13.1. The first kappa shape index (κ1) is 18.6. The molecule has 3 rings (SSSR count). The summed E-state index contributed by atoms with van der Waals surface area (Å²) in [6.45, 7) is 0.671. The van der Waals surface area contributed by atoms with Crippen LogP contribution in [0.4, 0.5) is 5.69 Å². The molecule has 1 aliphatic heterocycles. The van der Waals surface area contributed by atoms with E-state index in [-0.39, 0.29) is 5.91 Å². The first-order valence-electron chi connectivity index (χ1n) is 8.20. The summed E-state index contributed by atoms with van der Waals surface area (Å²) in [5.41, 5.74) is 1.53. The van der Waals surface area contributed by atoms with Crippen LogP contribution in [0.2, 0.25) is 10.0 Å². The topological polar surface area (TPSA) is 29.5 Å². The van der Waals surface area contributed by atoms with Crippen LogP contribution in [0.1, 0.15) is 30.9 Å². The second-order valence-corrected chi connectivity index (χ2v) is 7.49. The van der Waals surface area contributed by atoms with Crippen LogP contribution >= 0.6 is 39.1 Å². The van der Waals surface area contributed by atoms with Crippen molar-refractivity contribution in [2.24, 2.45) is 0 Å². The number of rotatable bonds is 6. The second-order valence-electron chi connectivity index (χ2n) is 5.88. The van der Waals surface area contributed by atoms with Crippen LogP contribution in [0.5, 0.6) is 5.75 Å². The van der Waals surface area contributed by atoms with E-state index in [0.29, 0.717) is 27.9 Å². The first-order valence-corrected chi connectivity index (χ1v) is 10.1. The van der Waals surface area contributed by atoms with E-state index in [1.165, 1.54) is 0 Å². The van der Waals surface area contributed by atoms with Gasteiger partial charge in [0, 0.05) is 17.4 Å². The summed E-state index contributed by atoms with van der Waals surface area (Å²) in [7, 11) is 0. The Balaban J connectivity index is 1.89. The van der Waals surface area contributed by atoms with Crippen LogP contribution in [0.15, 0.2) is 42.5 Å². The van der Waals surface area contributed by atoms with Crippen molar-refractivity contribution in [1.82, 2.24) is 0 Å². The van der Waals surface area contributed by atoms with Gasteiger partial charge in [-0.25, -0.2) is 0 Å². The fourth-order valence-electron chi connectivity index (χ4n) is 2.88. The predicted octanol–water partition coefficient (Wildman–Crippen LogP) is 6.03. The molecule has 2 aromatic rings. The normalized spacial score (nSPS) is 16.5. The standard InChI is InChI=1S/C19H18BrCl2NO2/c20-10-4-1-5-11-23-16-6-2-3-7-17(16)25-18(19(23)24)13-8-9-14(21)15(22)12-13/h2-3,6-9,12,18H,1,4-5,10-11H2. The lowest BCUT2D eigenvalue weighted by Gasteiger charge is -2.34. The third kappa shape index (κ3) is 4.13. The molecule has 0 bridgehead atoms. The molecule has 0 fully saturated rings. The summed E-state index contributed by atoms with van der Waals surface area (Å²) in [5, 5.41) is 1.85. The first-order chi connectivity index (χ1) is 12.1. The molecule has 1 atom stereocenters. The molecule has 132 valence electrons. The zero-order valence-electron chi connectivity index (χ0n) is 13.6. The molecule has 1 heterocycles. The second kappa shape index (κ2) is 8.43. The lowest BCUT2D eigenvalue weighted by atomic mass is 10.0. The van der Waals surface area contributed by atoms with E-state index in [1.807, 2.05) is 29.2 Å². The van der Waals surface area contributed by atoms with Gasteiger partial charge in [0.25, 0.3) is 5.91 Å². The monoisotopic (exact) mass is 441 g/mol. The smallest absolute Gasteiger partial charge is 0.272 e. The number of nitrogens with zero attached hydrogens (tertiary/aromatic N) is 1. The van der Waals surface area contributed by atoms with E-state index in [2.05, 4.69) is 15.9 Å². The number of carbonyl (C=O) groups is 1. The third-order valence-corrected chi connectivity index (χ3v) is 5.45. The largest absolute Gasteiger partial charge is 0.474 e. The van der Waals surface area contributed by atoms with Gasteiger partial charge in [-0.2, -0.15) is 0 Å². The summed E-state index contributed by atoms with van der Waals surface area (Å²) in [6.07, 6.45) is 2.40. The van der Waals surface area contributed by atoms with Gasteiger partial charge in [-0.05, 0) is 37.1 Å². The number of fused-ring (bicyclic) bond motifs is 1. The van der Waals surface area contributed by atoms with Gasteiger partial charge in [-0.3, -0.25) is 4.79 Å². The highest BCUT2D eigenvalue weighted by Gasteiger charge is 2.35. The van der Waals surface area contributed by atoms with Gasteiger partial charge in [0.1, 0.15) is 5.75 Å². The van der Waals surface area contributed by atoms with E-state index >= 15 is 0 Å². The Bertz CT molecular complexity index is 769. The maximum Gasteiger partial charge on any atom is 0.272 e. The zero-order valence-corrected chi connectivity index (χ0v) is 16.6. The van der Waals surface area contributed by atoms with Gasteiger partial charge < -0.3 is 9.64 Å². The van der Waals surface area contributed by atoms with Gasteiger partial charge in [0.2, 0.25) is 6.10 Å². The van der Waals surface area contributed by atoms with E-state index in [1.54, 1.807) is 18.2 Å². The number of anilines is 1. The molecular weight excluding hydrogens is 425 g/mol. The highest BCUT2D eigenvalue weighted by atomic mass is 79.9. The molecular formula is C19H18BrCl2NO2. The van der Waals surface area contributed by atoms with E-state index in [0.717, 1.165) is 30.3 Å². The third-order valence-electron chi connectivity index (χ3n) is 4.15. The van der Waals surface area contributed by atoms with Crippen molar-refractivity contribution >= 4 is 50.7 Å². The Hall–Kier alpha value is -1.23. The van der Waals surface area contributed by atoms with Gasteiger partial charge in [0.15, 0.2) is 0 Å². The summed E-state index contributed by atoms with van der Waals surface area (Å²) >= 11 is 15.6. The van der Waals surface area contributed by atoms with Gasteiger partial charge in [-0.15, -0.1) is 0 Å². The molecule has 6 heteroatoms. The minimum Gasteiger partial charge on any atom is -0.474 e. The molecule has 0 aromatic heterocycles. The van der Waals surface area contributed by atoms with Crippen molar-refractivity contribution in [3.63, 3.8) is 0 Å². The van der Waals surface area contributed by atoms with Crippen LogP contribution in [-0.4, -0.2) is 17.8 Å². The number of ether oxygens (including phenoxy) is 1. The molecule has 0 saturated carbocycles. The minimum absolute atomic E-state index is 0.0732. The van der Waals surface area contributed by atoms with Crippen LogP contribution in [0.3, 0.4) is 0 Å². The number of unbranched alkanes of at least 4 members (excludes halogenated alkanes) is 2. The molecule has 3 nitrogen and oxygen atoms in total. The Kier molecular flexibility index (Phi) is 6.26. The number of benzene rings is 2. The quantitative estimate of drug-likeness (QED) is 0.404. The summed E-state index contributed by atoms with van der Waals surface area (Å²) in [5.74, 6) is 0.634. The molecule has 0 spiro atoms. The lowest BCUT2D eigenvalue weighted by Crippen LogP contribution is -2.41. The molecule has 0 aliphatic carbocycles. The van der Waals surface area contributed by atoms with E-state index in [4.69, 9.17) is 27.9 Å². The predicted molar refractivity (Wildman–Crippen MR) is 106 cm³/mol. The number of alkyl halides is 1. The molecule has 1 aliphatic rings. The Morgan fingerprint density at radius 3 is 2.60 bits per heavy atom. The fraction of sp³-hybridized carbons (Fsp3) is 0.316. The number of amides is 1. The van der Waals surface area contributed by atoms with Gasteiger partial charge in [-0.1, -0.05) is 63.8 Å². The van der Waals surface area contributed by atoms with Crippen LogP contribution in [0, 0.1) is 0 Å². The zero-order chi connectivity index (χ0) is 17.8. The van der Waals surface area contributed by atoms with Crippen LogP contribution in [-0.2, 0) is 4.79 Å². The number of carbonyl (C=O) groups excluding carboxylic acids is 1. The van der Waals surface area contributed by atoms with Crippen molar-refractivity contribution in [3.8, 4) is 5.75 Å². The van der Waals surface area contributed by atoms with Crippen molar-refractivity contribution in [2.75, 3.05) is 16.8 Å². The van der Waals surface area contributed by atoms with Gasteiger partial charge in [0.05, 0.1) is 15.7 Å².